The van der Waals surface area contributed by atoms with Gasteiger partial charge in [0.1, 0.15) is 23.9 Å². The molecule has 3 fully saturated rings. The Bertz CT molecular complexity index is 1450. The van der Waals surface area contributed by atoms with E-state index in [-0.39, 0.29) is 5.75 Å². The molecule has 9 heteroatoms. The number of anilines is 1. The molecular formula is C32H40N6O3. The maximum atomic E-state index is 10.7. The standard InChI is InChI=1S/C27H29N5O3.C5H11N/c1-34-10-9-31-15-27(16-31)17-32(18-27)20-4-7-23-24(11-20)30-26(29-23)22-6-5-21(12-25(22)33)35-14-19-3-2-8-28-13-19;1-5-3-6(2)4-5/h2-8,11-13,33H,9-10,14-18H2,1H3,(H,29,30);5H,3-4H2,1-2H3. The summed E-state index contributed by atoms with van der Waals surface area (Å²) in [7, 11) is 3.91. The average molecular weight is 557 g/mol. The largest absolute Gasteiger partial charge is 0.507 e. The van der Waals surface area contributed by atoms with E-state index in [2.05, 4.69) is 50.8 Å². The van der Waals surface area contributed by atoms with E-state index in [1.165, 1.54) is 18.8 Å². The molecule has 0 radical (unpaired) electrons. The molecule has 2 aromatic carbocycles. The number of nitrogens with one attached hydrogen (secondary N) is 1. The third-order valence-corrected chi connectivity index (χ3v) is 8.21. The molecule has 3 aliphatic rings. The van der Waals surface area contributed by atoms with Gasteiger partial charge in [0.25, 0.3) is 0 Å². The molecule has 0 bridgehead atoms. The Morgan fingerprint density at radius 1 is 1.07 bits per heavy atom. The average Bonchev–Trinajstić information content (AvgIpc) is 3.34. The van der Waals surface area contributed by atoms with Gasteiger partial charge in [-0.05, 0) is 49.4 Å². The topological polar surface area (TPSA) is 90.0 Å². The second kappa shape index (κ2) is 11.7. The fraction of sp³-hybridized carbons (Fsp3) is 0.438. The minimum absolute atomic E-state index is 0.126. The van der Waals surface area contributed by atoms with Crippen LogP contribution in [0.2, 0.25) is 0 Å². The molecule has 7 rings (SSSR count). The van der Waals surface area contributed by atoms with Crippen molar-refractivity contribution in [2.24, 2.45) is 11.3 Å². The molecule has 216 valence electrons. The van der Waals surface area contributed by atoms with E-state index < -0.39 is 0 Å². The van der Waals surface area contributed by atoms with Crippen molar-refractivity contribution in [1.82, 2.24) is 24.8 Å². The molecule has 1 spiro atoms. The summed E-state index contributed by atoms with van der Waals surface area (Å²) in [6.45, 7) is 11.6. The van der Waals surface area contributed by atoms with E-state index >= 15 is 0 Å². The van der Waals surface area contributed by atoms with E-state index in [4.69, 9.17) is 14.5 Å². The lowest BCUT2D eigenvalue weighted by Gasteiger charge is -2.61. The third-order valence-electron chi connectivity index (χ3n) is 8.21. The number of hydrogen-bond donors (Lipinski definition) is 2. The lowest BCUT2D eigenvalue weighted by Crippen LogP contribution is -2.72. The summed E-state index contributed by atoms with van der Waals surface area (Å²) in [6.07, 6.45) is 3.49. The van der Waals surface area contributed by atoms with Crippen LogP contribution >= 0.6 is 0 Å². The number of methoxy groups -OCH3 is 1. The first-order valence-electron chi connectivity index (χ1n) is 14.4. The number of phenols is 1. The fourth-order valence-corrected chi connectivity index (χ4v) is 6.21. The van der Waals surface area contributed by atoms with Crippen LogP contribution in [-0.2, 0) is 11.3 Å². The molecule has 0 saturated carbocycles. The second-order valence-corrected chi connectivity index (χ2v) is 12.0. The van der Waals surface area contributed by atoms with Crippen LogP contribution in [0, 0.1) is 11.3 Å². The number of aromatic nitrogens is 3. The first-order valence-corrected chi connectivity index (χ1v) is 14.4. The zero-order valence-corrected chi connectivity index (χ0v) is 24.2. The zero-order valence-electron chi connectivity index (χ0n) is 24.2. The Hall–Kier alpha value is -3.66. The van der Waals surface area contributed by atoms with Gasteiger partial charge in [-0.2, -0.15) is 0 Å². The van der Waals surface area contributed by atoms with E-state index in [0.717, 1.165) is 61.8 Å². The van der Waals surface area contributed by atoms with Crippen LogP contribution in [0.4, 0.5) is 5.69 Å². The Labute approximate surface area is 241 Å². The number of rotatable bonds is 8. The quantitative estimate of drug-likeness (QED) is 0.333. The lowest BCUT2D eigenvalue weighted by molar-refractivity contribution is -0.0327. The summed E-state index contributed by atoms with van der Waals surface area (Å²) in [4.78, 5) is 19.4. The SMILES string of the molecule is CC1CN(C)C1.COCCN1CC2(C1)CN(c1ccc3nc(-c4ccc(OCc5cccnc5)cc4O)[nH]c3c1)C2. The molecule has 0 amide bonds. The first-order chi connectivity index (χ1) is 19.9. The van der Waals surface area contributed by atoms with Crippen LogP contribution in [0.5, 0.6) is 11.5 Å². The maximum Gasteiger partial charge on any atom is 0.142 e. The molecule has 5 heterocycles. The number of likely N-dealkylation sites (tertiary alicyclic amines) is 2. The lowest BCUT2D eigenvalue weighted by atomic mass is 9.72. The van der Waals surface area contributed by atoms with Crippen molar-refractivity contribution in [1.29, 1.82) is 0 Å². The highest BCUT2D eigenvalue weighted by Gasteiger charge is 2.51. The van der Waals surface area contributed by atoms with Gasteiger partial charge >= 0.3 is 0 Å². The smallest absolute Gasteiger partial charge is 0.142 e. The van der Waals surface area contributed by atoms with Crippen LogP contribution in [0.1, 0.15) is 12.5 Å². The number of aromatic hydroxyl groups is 1. The van der Waals surface area contributed by atoms with Gasteiger partial charge in [-0.3, -0.25) is 9.88 Å². The predicted octanol–water partition coefficient (Wildman–Crippen LogP) is 4.25. The van der Waals surface area contributed by atoms with Gasteiger partial charge in [0.15, 0.2) is 0 Å². The number of pyridine rings is 1. The maximum absolute atomic E-state index is 10.7. The predicted molar refractivity (Wildman–Crippen MR) is 161 cm³/mol. The zero-order chi connectivity index (χ0) is 28.4. The van der Waals surface area contributed by atoms with Crippen molar-refractivity contribution in [2.45, 2.75) is 13.5 Å². The number of fused-ring (bicyclic) bond motifs is 1. The molecule has 9 nitrogen and oxygen atoms in total. The first kappa shape index (κ1) is 27.5. The summed E-state index contributed by atoms with van der Waals surface area (Å²) in [5, 5.41) is 10.7. The number of aromatic amines is 1. The molecule has 3 saturated heterocycles. The minimum atomic E-state index is 0.126. The van der Waals surface area contributed by atoms with Gasteiger partial charge < -0.3 is 29.4 Å². The van der Waals surface area contributed by atoms with Crippen LogP contribution in [0.3, 0.4) is 0 Å². The molecule has 2 aromatic heterocycles. The molecule has 41 heavy (non-hydrogen) atoms. The van der Waals surface area contributed by atoms with E-state index in [9.17, 15) is 5.11 Å². The fourth-order valence-electron chi connectivity index (χ4n) is 6.21. The van der Waals surface area contributed by atoms with Gasteiger partial charge in [0.2, 0.25) is 0 Å². The number of hydrogen-bond acceptors (Lipinski definition) is 8. The molecule has 0 unspecified atom stereocenters. The molecule has 3 aliphatic heterocycles. The number of benzene rings is 2. The molecular weight excluding hydrogens is 516 g/mol. The highest BCUT2D eigenvalue weighted by molar-refractivity contribution is 5.84. The van der Waals surface area contributed by atoms with Gasteiger partial charge in [-0.25, -0.2) is 4.98 Å². The van der Waals surface area contributed by atoms with E-state index in [1.54, 1.807) is 25.6 Å². The molecule has 2 N–H and O–H groups in total. The molecule has 0 atom stereocenters. The minimum Gasteiger partial charge on any atom is -0.507 e. The van der Waals surface area contributed by atoms with Crippen molar-refractivity contribution < 1.29 is 14.6 Å². The van der Waals surface area contributed by atoms with Crippen LogP contribution < -0.4 is 9.64 Å². The van der Waals surface area contributed by atoms with Crippen LogP contribution in [0.25, 0.3) is 22.4 Å². The monoisotopic (exact) mass is 556 g/mol. The van der Waals surface area contributed by atoms with Crippen LogP contribution in [-0.4, -0.2) is 96.4 Å². The van der Waals surface area contributed by atoms with E-state index in [0.29, 0.717) is 29.2 Å². The Morgan fingerprint density at radius 3 is 2.56 bits per heavy atom. The van der Waals surface area contributed by atoms with Crippen molar-refractivity contribution in [2.75, 3.05) is 71.5 Å². The van der Waals surface area contributed by atoms with Crippen LogP contribution in [0.15, 0.2) is 60.9 Å². The highest BCUT2D eigenvalue weighted by atomic mass is 16.5. The summed E-state index contributed by atoms with van der Waals surface area (Å²) in [5.74, 6) is 2.33. The van der Waals surface area contributed by atoms with Gasteiger partial charge in [0, 0.05) is 88.0 Å². The number of nitrogens with zero attached hydrogens (tertiary/aromatic N) is 5. The summed E-state index contributed by atoms with van der Waals surface area (Å²) in [6, 6.07) is 15.5. The number of phenolic OH excluding ortho intramolecular Hbond substituents is 1. The van der Waals surface area contributed by atoms with Gasteiger partial charge in [-0.1, -0.05) is 13.0 Å². The normalized spacial score (nSPS) is 18.4. The van der Waals surface area contributed by atoms with Gasteiger partial charge in [0.05, 0.1) is 23.2 Å². The van der Waals surface area contributed by atoms with E-state index in [1.807, 2.05) is 30.3 Å². The Balaban J connectivity index is 0.000000449. The number of H-pyrrole nitrogens is 1. The summed E-state index contributed by atoms with van der Waals surface area (Å²) in [5.41, 5.74) is 5.10. The third kappa shape index (κ3) is 6.17. The van der Waals surface area contributed by atoms with Crippen molar-refractivity contribution in [3.05, 3.63) is 66.5 Å². The number of imidazole rings is 1. The Kier molecular flexibility index (Phi) is 7.84. The van der Waals surface area contributed by atoms with Crippen molar-refractivity contribution in [3.8, 4) is 22.9 Å². The molecule has 4 aromatic rings. The second-order valence-electron chi connectivity index (χ2n) is 12.0. The Morgan fingerprint density at radius 2 is 1.90 bits per heavy atom. The summed E-state index contributed by atoms with van der Waals surface area (Å²) < 4.78 is 11.0. The van der Waals surface area contributed by atoms with Gasteiger partial charge in [-0.15, -0.1) is 0 Å². The van der Waals surface area contributed by atoms with Crippen molar-refractivity contribution in [3.63, 3.8) is 0 Å². The van der Waals surface area contributed by atoms with Crippen molar-refractivity contribution >= 4 is 16.7 Å². The number of ether oxygens (including phenoxy) is 2. The highest BCUT2D eigenvalue weighted by Crippen LogP contribution is 2.42. The summed E-state index contributed by atoms with van der Waals surface area (Å²) >= 11 is 0. The molecule has 0 aliphatic carbocycles.